The molecule has 0 unspecified atom stereocenters. The molecular formula is C17H15NO2. The molecule has 0 N–H and O–H groups in total. The number of allylic oxidation sites excluding steroid dienone is 1. The molecule has 0 aliphatic heterocycles. The molecule has 2 aromatic rings. The first-order valence-electron chi connectivity index (χ1n) is 6.66. The van der Waals surface area contributed by atoms with Gasteiger partial charge < -0.3 is 4.74 Å². The third-order valence-corrected chi connectivity index (χ3v) is 3.34. The maximum atomic E-state index is 10.9. The molecule has 1 aliphatic carbocycles. The summed E-state index contributed by atoms with van der Waals surface area (Å²) in [5, 5.41) is 0. The van der Waals surface area contributed by atoms with E-state index in [4.69, 9.17) is 4.74 Å². The van der Waals surface area contributed by atoms with Crippen molar-refractivity contribution >= 4 is 17.6 Å². The summed E-state index contributed by atoms with van der Waals surface area (Å²) < 4.78 is 5.02. The molecular weight excluding hydrogens is 250 g/mol. The lowest BCUT2D eigenvalue weighted by molar-refractivity contribution is -0.131. The van der Waals surface area contributed by atoms with Gasteiger partial charge in [0.15, 0.2) is 0 Å². The van der Waals surface area contributed by atoms with Gasteiger partial charge in [0.2, 0.25) is 0 Å². The van der Waals surface area contributed by atoms with E-state index in [2.05, 4.69) is 17.1 Å². The van der Waals surface area contributed by atoms with Crippen LogP contribution in [0.25, 0.3) is 11.6 Å². The van der Waals surface area contributed by atoms with Gasteiger partial charge in [-0.25, -0.2) is 0 Å². The van der Waals surface area contributed by atoms with E-state index in [1.165, 1.54) is 18.1 Å². The molecule has 1 aromatic heterocycles. The zero-order valence-electron chi connectivity index (χ0n) is 11.3. The van der Waals surface area contributed by atoms with Crippen LogP contribution in [0.3, 0.4) is 0 Å². The summed E-state index contributed by atoms with van der Waals surface area (Å²) >= 11 is 0. The Morgan fingerprint density at radius 3 is 2.75 bits per heavy atom. The van der Waals surface area contributed by atoms with Gasteiger partial charge in [0, 0.05) is 13.1 Å². The van der Waals surface area contributed by atoms with Crippen molar-refractivity contribution in [3.05, 3.63) is 59.4 Å². The molecule has 0 atom stereocenters. The van der Waals surface area contributed by atoms with E-state index in [0.29, 0.717) is 5.75 Å². The predicted octanol–water partition coefficient (Wildman–Crippen LogP) is 3.49. The van der Waals surface area contributed by atoms with E-state index in [1.54, 1.807) is 0 Å². The Morgan fingerprint density at radius 2 is 2.00 bits per heavy atom. The monoisotopic (exact) mass is 265 g/mol. The fraction of sp³-hybridized carbons (Fsp3) is 0.176. The van der Waals surface area contributed by atoms with Crippen molar-refractivity contribution in [2.24, 2.45) is 0 Å². The van der Waals surface area contributed by atoms with E-state index in [9.17, 15) is 4.79 Å². The van der Waals surface area contributed by atoms with Gasteiger partial charge in [-0.2, -0.15) is 0 Å². The number of hydrogen-bond donors (Lipinski definition) is 0. The molecule has 1 aliphatic rings. The first kappa shape index (κ1) is 12.6. The number of aromatic nitrogens is 1. The molecule has 3 nitrogen and oxygen atoms in total. The van der Waals surface area contributed by atoms with Gasteiger partial charge in [0.25, 0.3) is 0 Å². The highest BCUT2D eigenvalue weighted by Crippen LogP contribution is 2.31. The van der Waals surface area contributed by atoms with Crippen LogP contribution >= 0.6 is 0 Å². The summed E-state index contributed by atoms with van der Waals surface area (Å²) in [5.41, 5.74) is 4.78. The number of fused-ring (bicyclic) bond motifs is 1. The minimum absolute atomic E-state index is 0.301. The molecule has 1 aromatic carbocycles. The summed E-state index contributed by atoms with van der Waals surface area (Å²) in [6.45, 7) is 1.40. The highest BCUT2D eigenvalue weighted by molar-refractivity contribution is 5.83. The van der Waals surface area contributed by atoms with Crippen molar-refractivity contribution < 1.29 is 9.53 Å². The summed E-state index contributed by atoms with van der Waals surface area (Å²) in [7, 11) is 0. The second kappa shape index (κ2) is 5.29. The average Bonchev–Trinajstić information content (AvgIpc) is 2.84. The molecule has 1 heterocycles. The first-order valence-corrected chi connectivity index (χ1v) is 6.66. The van der Waals surface area contributed by atoms with E-state index >= 15 is 0 Å². The Morgan fingerprint density at radius 1 is 1.20 bits per heavy atom. The predicted molar refractivity (Wildman–Crippen MR) is 78.2 cm³/mol. The Labute approximate surface area is 117 Å². The van der Waals surface area contributed by atoms with Crippen LogP contribution in [0.5, 0.6) is 5.75 Å². The molecule has 0 radical (unpaired) electrons. The van der Waals surface area contributed by atoms with Crippen molar-refractivity contribution in [2.45, 2.75) is 19.8 Å². The van der Waals surface area contributed by atoms with Gasteiger partial charge in [-0.3, -0.25) is 9.78 Å². The number of aryl methyl sites for hydroxylation is 1. The Kier molecular flexibility index (Phi) is 3.33. The molecule has 3 rings (SSSR count). The highest BCUT2D eigenvalue weighted by atomic mass is 16.5. The third kappa shape index (κ3) is 2.62. The number of esters is 1. The SMILES string of the molecule is CC(=O)Oc1ccc(C=C2CCc3cccnc32)cc1. The average molecular weight is 265 g/mol. The van der Waals surface area contributed by atoms with Crippen molar-refractivity contribution in [3.8, 4) is 5.75 Å². The van der Waals surface area contributed by atoms with Crippen LogP contribution in [-0.4, -0.2) is 11.0 Å². The first-order chi connectivity index (χ1) is 9.72. The Bertz CT molecular complexity index is 672. The van der Waals surface area contributed by atoms with E-state index < -0.39 is 0 Å². The lowest BCUT2D eigenvalue weighted by Gasteiger charge is -2.03. The second-order valence-corrected chi connectivity index (χ2v) is 4.84. The van der Waals surface area contributed by atoms with Crippen molar-refractivity contribution in [2.75, 3.05) is 0 Å². The van der Waals surface area contributed by atoms with E-state index in [1.807, 2.05) is 36.5 Å². The normalized spacial score (nSPS) is 15.2. The van der Waals surface area contributed by atoms with Crippen molar-refractivity contribution in [1.82, 2.24) is 4.98 Å². The molecule has 0 saturated carbocycles. The van der Waals surface area contributed by atoms with Gasteiger partial charge in [-0.1, -0.05) is 18.2 Å². The van der Waals surface area contributed by atoms with Gasteiger partial charge in [-0.05, 0) is 53.8 Å². The van der Waals surface area contributed by atoms with Crippen LogP contribution < -0.4 is 4.74 Å². The van der Waals surface area contributed by atoms with Crippen LogP contribution in [0, 0.1) is 0 Å². The molecule has 0 bridgehead atoms. The molecule has 100 valence electrons. The van der Waals surface area contributed by atoms with Crippen LogP contribution in [0.4, 0.5) is 0 Å². The summed E-state index contributed by atoms with van der Waals surface area (Å²) in [5.74, 6) is 0.273. The summed E-state index contributed by atoms with van der Waals surface area (Å²) in [6, 6.07) is 11.6. The largest absolute Gasteiger partial charge is 0.427 e. The zero-order valence-corrected chi connectivity index (χ0v) is 11.3. The topological polar surface area (TPSA) is 39.2 Å². The number of carbonyl (C=O) groups is 1. The van der Waals surface area contributed by atoms with Crippen LogP contribution in [0.2, 0.25) is 0 Å². The minimum Gasteiger partial charge on any atom is -0.427 e. The quantitative estimate of drug-likeness (QED) is 0.616. The fourth-order valence-electron chi connectivity index (χ4n) is 2.46. The van der Waals surface area contributed by atoms with Crippen LogP contribution in [0.15, 0.2) is 42.6 Å². The number of pyridine rings is 1. The number of benzene rings is 1. The molecule has 3 heteroatoms. The minimum atomic E-state index is -0.301. The Balaban J connectivity index is 1.85. The van der Waals surface area contributed by atoms with Gasteiger partial charge in [0.1, 0.15) is 5.75 Å². The number of carbonyl (C=O) groups excluding carboxylic acids is 1. The van der Waals surface area contributed by atoms with Crippen LogP contribution in [-0.2, 0) is 11.2 Å². The highest BCUT2D eigenvalue weighted by Gasteiger charge is 2.16. The van der Waals surface area contributed by atoms with Gasteiger partial charge in [-0.15, -0.1) is 0 Å². The maximum Gasteiger partial charge on any atom is 0.308 e. The smallest absolute Gasteiger partial charge is 0.308 e. The third-order valence-electron chi connectivity index (χ3n) is 3.34. The standard InChI is InChI=1S/C17H15NO2/c1-12(19)20-16-8-4-13(5-9-16)11-15-7-6-14-3-2-10-18-17(14)15/h2-5,8-11H,6-7H2,1H3. The number of ether oxygens (including phenoxy) is 1. The van der Waals surface area contributed by atoms with E-state index in [-0.39, 0.29) is 5.97 Å². The fourth-order valence-corrected chi connectivity index (χ4v) is 2.46. The molecule has 20 heavy (non-hydrogen) atoms. The molecule has 0 saturated heterocycles. The lowest BCUT2D eigenvalue weighted by atomic mass is 10.1. The second-order valence-electron chi connectivity index (χ2n) is 4.84. The van der Waals surface area contributed by atoms with Crippen LogP contribution in [0.1, 0.15) is 30.2 Å². The zero-order chi connectivity index (χ0) is 13.9. The van der Waals surface area contributed by atoms with Gasteiger partial charge >= 0.3 is 5.97 Å². The summed E-state index contributed by atoms with van der Waals surface area (Å²) in [4.78, 5) is 15.3. The number of hydrogen-bond acceptors (Lipinski definition) is 3. The van der Waals surface area contributed by atoms with Crippen molar-refractivity contribution in [1.29, 1.82) is 0 Å². The summed E-state index contributed by atoms with van der Waals surface area (Å²) in [6.07, 6.45) is 6.07. The molecule has 0 fully saturated rings. The Hall–Kier alpha value is -2.42. The maximum absolute atomic E-state index is 10.9. The lowest BCUT2D eigenvalue weighted by Crippen LogP contribution is -2.00. The van der Waals surface area contributed by atoms with Gasteiger partial charge in [0.05, 0.1) is 5.69 Å². The van der Waals surface area contributed by atoms with E-state index in [0.717, 1.165) is 24.1 Å². The number of rotatable bonds is 2. The molecule has 0 amide bonds. The number of nitrogens with zero attached hydrogens (tertiary/aromatic N) is 1. The van der Waals surface area contributed by atoms with Crippen molar-refractivity contribution in [3.63, 3.8) is 0 Å². The molecule has 0 spiro atoms.